The highest BCUT2D eigenvalue weighted by atomic mass is 35.5. The molecular weight excluding hydrogens is 358 g/mol. The van der Waals surface area contributed by atoms with Gasteiger partial charge in [-0.1, -0.05) is 46.4 Å². The summed E-state index contributed by atoms with van der Waals surface area (Å²) >= 11 is 23.8. The van der Waals surface area contributed by atoms with Crippen LogP contribution in [-0.2, 0) is 6.54 Å². The molecule has 0 saturated heterocycles. The van der Waals surface area contributed by atoms with E-state index in [1.807, 2.05) is 0 Å². The summed E-state index contributed by atoms with van der Waals surface area (Å²) in [5.74, 6) is 0. The number of halogens is 4. The summed E-state index contributed by atoms with van der Waals surface area (Å²) in [5, 5.41) is 15.4. The van der Waals surface area contributed by atoms with Crippen molar-refractivity contribution in [3.05, 3.63) is 66.1 Å². The van der Waals surface area contributed by atoms with Gasteiger partial charge in [-0.05, 0) is 24.3 Å². The highest BCUT2D eigenvalue weighted by Crippen LogP contribution is 2.34. The Kier molecular flexibility index (Phi) is 5.17. The van der Waals surface area contributed by atoms with E-state index in [0.717, 1.165) is 0 Å². The molecule has 0 aliphatic rings. The SMILES string of the molecule is O=[N+]([O-])c1ccc(Cl)cc1CNc1c(Cl)cc(Cl)cc1Cl. The Balaban J connectivity index is 2.28. The third kappa shape index (κ3) is 3.92. The lowest BCUT2D eigenvalue weighted by atomic mass is 10.1. The zero-order valence-corrected chi connectivity index (χ0v) is 13.4. The van der Waals surface area contributed by atoms with Crippen molar-refractivity contribution in [2.45, 2.75) is 6.54 Å². The van der Waals surface area contributed by atoms with Crippen LogP contribution in [0.15, 0.2) is 30.3 Å². The largest absolute Gasteiger partial charge is 0.378 e. The number of nitro groups is 1. The second-order valence-corrected chi connectivity index (χ2v) is 5.82. The summed E-state index contributed by atoms with van der Waals surface area (Å²) in [6.07, 6.45) is 0. The van der Waals surface area contributed by atoms with Gasteiger partial charge in [-0.15, -0.1) is 0 Å². The van der Waals surface area contributed by atoms with Crippen molar-refractivity contribution in [1.29, 1.82) is 0 Å². The van der Waals surface area contributed by atoms with Gasteiger partial charge in [0.1, 0.15) is 0 Å². The highest BCUT2D eigenvalue weighted by molar-refractivity contribution is 6.41. The molecule has 0 aromatic heterocycles. The fourth-order valence-corrected chi connectivity index (χ4v) is 2.91. The maximum Gasteiger partial charge on any atom is 0.274 e. The number of rotatable bonds is 4. The Labute approximate surface area is 140 Å². The summed E-state index contributed by atoms with van der Waals surface area (Å²) in [4.78, 5) is 10.5. The van der Waals surface area contributed by atoms with Crippen LogP contribution < -0.4 is 5.32 Å². The number of anilines is 1. The Morgan fingerprint density at radius 3 is 2.19 bits per heavy atom. The molecule has 2 rings (SSSR count). The van der Waals surface area contributed by atoms with Gasteiger partial charge < -0.3 is 5.32 Å². The fraction of sp³-hybridized carbons (Fsp3) is 0.0769. The van der Waals surface area contributed by atoms with E-state index in [9.17, 15) is 10.1 Å². The number of hydrogen-bond donors (Lipinski definition) is 1. The van der Waals surface area contributed by atoms with Gasteiger partial charge in [0.25, 0.3) is 5.69 Å². The maximum absolute atomic E-state index is 11.0. The van der Waals surface area contributed by atoms with Crippen molar-refractivity contribution in [1.82, 2.24) is 0 Å². The topological polar surface area (TPSA) is 55.2 Å². The second-order valence-electron chi connectivity index (χ2n) is 4.13. The molecule has 0 bridgehead atoms. The molecule has 2 aromatic rings. The molecule has 0 aliphatic carbocycles. The zero-order chi connectivity index (χ0) is 15.6. The molecule has 0 amide bonds. The third-order valence-corrected chi connectivity index (χ3v) is 3.75. The lowest BCUT2D eigenvalue weighted by Gasteiger charge is -2.11. The molecule has 0 spiro atoms. The molecule has 0 heterocycles. The van der Waals surface area contributed by atoms with Crippen LogP contribution in [0.5, 0.6) is 0 Å². The van der Waals surface area contributed by atoms with Crippen molar-refractivity contribution in [2.75, 3.05) is 5.32 Å². The van der Waals surface area contributed by atoms with Crippen molar-refractivity contribution in [3.63, 3.8) is 0 Å². The fourth-order valence-electron chi connectivity index (χ4n) is 1.77. The molecule has 0 saturated carbocycles. The quantitative estimate of drug-likeness (QED) is 0.548. The summed E-state index contributed by atoms with van der Waals surface area (Å²) in [5.41, 5.74) is 0.847. The molecule has 1 N–H and O–H groups in total. The van der Waals surface area contributed by atoms with Crippen LogP contribution in [-0.4, -0.2) is 4.92 Å². The average Bonchev–Trinajstić information content (AvgIpc) is 2.37. The van der Waals surface area contributed by atoms with Crippen LogP contribution in [0.1, 0.15) is 5.56 Å². The minimum atomic E-state index is -0.474. The molecule has 8 heteroatoms. The van der Waals surface area contributed by atoms with Gasteiger partial charge in [0, 0.05) is 22.7 Å². The summed E-state index contributed by atoms with van der Waals surface area (Å²) in [6, 6.07) is 7.40. The van der Waals surface area contributed by atoms with Gasteiger partial charge in [0.05, 0.1) is 26.2 Å². The Bertz CT molecular complexity index is 684. The zero-order valence-electron chi connectivity index (χ0n) is 10.4. The molecule has 0 unspecified atom stereocenters. The number of nitrogens with one attached hydrogen (secondary N) is 1. The van der Waals surface area contributed by atoms with E-state index in [-0.39, 0.29) is 12.2 Å². The number of nitro benzene ring substituents is 1. The lowest BCUT2D eigenvalue weighted by molar-refractivity contribution is -0.385. The van der Waals surface area contributed by atoms with Gasteiger partial charge in [0.15, 0.2) is 0 Å². The average molecular weight is 366 g/mol. The molecule has 110 valence electrons. The minimum absolute atomic E-state index is 0.0342. The predicted octanol–water partition coefficient (Wildman–Crippen LogP) is 5.82. The van der Waals surface area contributed by atoms with E-state index >= 15 is 0 Å². The predicted molar refractivity (Wildman–Crippen MR) is 86.9 cm³/mol. The monoisotopic (exact) mass is 364 g/mol. The highest BCUT2D eigenvalue weighted by Gasteiger charge is 2.15. The molecule has 21 heavy (non-hydrogen) atoms. The first-order valence-electron chi connectivity index (χ1n) is 5.69. The Hall–Kier alpha value is -1.20. The van der Waals surface area contributed by atoms with Gasteiger partial charge in [-0.25, -0.2) is 0 Å². The normalized spacial score (nSPS) is 10.5. The van der Waals surface area contributed by atoms with Crippen molar-refractivity contribution < 1.29 is 4.92 Å². The van der Waals surface area contributed by atoms with Crippen LogP contribution >= 0.6 is 46.4 Å². The maximum atomic E-state index is 11.0. The number of benzene rings is 2. The summed E-state index contributed by atoms with van der Waals surface area (Å²) < 4.78 is 0. The van der Waals surface area contributed by atoms with Gasteiger partial charge in [-0.3, -0.25) is 10.1 Å². The summed E-state index contributed by atoms with van der Waals surface area (Å²) in [6.45, 7) is 0.151. The minimum Gasteiger partial charge on any atom is -0.378 e. The van der Waals surface area contributed by atoms with Crippen molar-refractivity contribution in [2.24, 2.45) is 0 Å². The van der Waals surface area contributed by atoms with Crippen molar-refractivity contribution >= 4 is 57.8 Å². The molecule has 2 aromatic carbocycles. The Morgan fingerprint density at radius 2 is 1.62 bits per heavy atom. The van der Waals surface area contributed by atoms with Gasteiger partial charge in [-0.2, -0.15) is 0 Å². The molecular formula is C13H8Cl4N2O2. The van der Waals surface area contributed by atoms with E-state index < -0.39 is 4.92 Å². The van der Waals surface area contributed by atoms with Crippen LogP contribution in [0.25, 0.3) is 0 Å². The third-order valence-electron chi connectivity index (χ3n) is 2.70. The lowest BCUT2D eigenvalue weighted by Crippen LogP contribution is -2.04. The van der Waals surface area contributed by atoms with E-state index in [4.69, 9.17) is 46.4 Å². The smallest absolute Gasteiger partial charge is 0.274 e. The van der Waals surface area contributed by atoms with Crippen molar-refractivity contribution in [3.8, 4) is 0 Å². The van der Waals surface area contributed by atoms with Crippen LogP contribution in [0.4, 0.5) is 11.4 Å². The molecule has 0 atom stereocenters. The Morgan fingerprint density at radius 1 is 1.00 bits per heavy atom. The standard InChI is InChI=1S/C13H8Cl4N2O2/c14-8-1-2-12(19(20)21)7(3-8)6-18-13-10(16)4-9(15)5-11(13)17/h1-5,18H,6H2. The molecule has 4 nitrogen and oxygen atoms in total. The van der Waals surface area contributed by atoms with E-state index in [1.54, 1.807) is 0 Å². The van der Waals surface area contributed by atoms with E-state index in [2.05, 4.69) is 5.32 Å². The van der Waals surface area contributed by atoms with E-state index in [1.165, 1.54) is 30.3 Å². The molecule has 0 fully saturated rings. The first kappa shape index (κ1) is 16.2. The van der Waals surface area contributed by atoms with Crippen LogP contribution in [0, 0.1) is 10.1 Å². The van der Waals surface area contributed by atoms with Crippen LogP contribution in [0.3, 0.4) is 0 Å². The molecule has 0 aliphatic heterocycles. The number of nitrogens with zero attached hydrogens (tertiary/aromatic N) is 1. The summed E-state index contributed by atoms with van der Waals surface area (Å²) in [7, 11) is 0. The first-order chi connectivity index (χ1) is 9.88. The van der Waals surface area contributed by atoms with Gasteiger partial charge in [0.2, 0.25) is 0 Å². The van der Waals surface area contributed by atoms with Gasteiger partial charge >= 0.3 is 0 Å². The second kappa shape index (κ2) is 6.71. The first-order valence-corrected chi connectivity index (χ1v) is 7.21. The molecule has 0 radical (unpaired) electrons. The van der Waals surface area contributed by atoms with Crippen LogP contribution in [0.2, 0.25) is 20.1 Å². The van der Waals surface area contributed by atoms with E-state index in [0.29, 0.717) is 31.3 Å². The number of hydrogen-bond acceptors (Lipinski definition) is 3.